The Morgan fingerprint density at radius 2 is 2.17 bits per heavy atom. The number of benzene rings is 1. The molecule has 1 aliphatic heterocycles. The van der Waals surface area contributed by atoms with Crippen molar-refractivity contribution in [2.45, 2.75) is 45.3 Å². The van der Waals surface area contributed by atoms with Crippen molar-refractivity contribution < 1.29 is 9.13 Å². The number of aryl methyl sites for hydroxylation is 1. The molecule has 1 aliphatic rings. The second-order valence-electron chi connectivity index (χ2n) is 5.63. The predicted octanol–water partition coefficient (Wildman–Crippen LogP) is 3.09. The van der Waals surface area contributed by atoms with E-state index in [-0.39, 0.29) is 11.4 Å². The molecule has 1 aromatic carbocycles. The van der Waals surface area contributed by atoms with E-state index in [9.17, 15) is 4.39 Å². The Kier molecular flexibility index (Phi) is 3.48. The normalized spacial score (nSPS) is 22.8. The maximum absolute atomic E-state index is 13.3. The van der Waals surface area contributed by atoms with Gasteiger partial charge in [-0.2, -0.15) is 0 Å². The van der Waals surface area contributed by atoms with Crippen LogP contribution in [0.15, 0.2) is 12.1 Å². The molecule has 4 heteroatoms. The largest absolute Gasteiger partial charge is 0.397 e. The first-order valence-corrected chi connectivity index (χ1v) is 6.33. The Balaban J connectivity index is 2.12. The van der Waals surface area contributed by atoms with E-state index in [1.807, 2.05) is 0 Å². The van der Waals surface area contributed by atoms with Gasteiger partial charge >= 0.3 is 0 Å². The summed E-state index contributed by atoms with van der Waals surface area (Å²) >= 11 is 0. The van der Waals surface area contributed by atoms with Gasteiger partial charge in [-0.05, 0) is 51.3 Å². The van der Waals surface area contributed by atoms with Gasteiger partial charge in [-0.1, -0.05) is 0 Å². The van der Waals surface area contributed by atoms with Gasteiger partial charge in [0.25, 0.3) is 0 Å². The zero-order chi connectivity index (χ0) is 13.3. The van der Waals surface area contributed by atoms with E-state index in [1.165, 1.54) is 6.07 Å². The third-order valence-electron chi connectivity index (χ3n) is 3.39. The summed E-state index contributed by atoms with van der Waals surface area (Å²) < 4.78 is 19.0. The first kappa shape index (κ1) is 13.1. The van der Waals surface area contributed by atoms with E-state index in [0.29, 0.717) is 17.3 Å². The van der Waals surface area contributed by atoms with Gasteiger partial charge in [0.1, 0.15) is 5.82 Å². The summed E-state index contributed by atoms with van der Waals surface area (Å²) in [5.41, 5.74) is 7.62. The molecule has 1 fully saturated rings. The molecule has 18 heavy (non-hydrogen) atoms. The van der Waals surface area contributed by atoms with Crippen LogP contribution in [0.5, 0.6) is 0 Å². The van der Waals surface area contributed by atoms with E-state index < -0.39 is 0 Å². The van der Waals surface area contributed by atoms with Gasteiger partial charge in [-0.25, -0.2) is 4.39 Å². The van der Waals surface area contributed by atoms with Crippen molar-refractivity contribution in [1.82, 2.24) is 0 Å². The average molecular weight is 252 g/mol. The molecular weight excluding hydrogens is 231 g/mol. The number of ether oxygens (including phenoxy) is 1. The van der Waals surface area contributed by atoms with Crippen molar-refractivity contribution in [1.29, 1.82) is 0 Å². The summed E-state index contributed by atoms with van der Waals surface area (Å²) in [5, 5.41) is 3.40. The first-order valence-electron chi connectivity index (χ1n) is 6.33. The van der Waals surface area contributed by atoms with Crippen LogP contribution in [-0.2, 0) is 4.74 Å². The molecule has 0 spiro atoms. The van der Waals surface area contributed by atoms with Gasteiger partial charge in [0.15, 0.2) is 0 Å². The summed E-state index contributed by atoms with van der Waals surface area (Å²) in [6.45, 7) is 6.65. The topological polar surface area (TPSA) is 47.3 Å². The van der Waals surface area contributed by atoms with Crippen LogP contribution < -0.4 is 11.1 Å². The standard InChI is InChI=1S/C14H21FN2O/c1-9-6-13(12(16)7-11(9)15)17-10-4-5-18-14(2,3)8-10/h6-7,10,17H,4-5,8,16H2,1-3H3. The smallest absolute Gasteiger partial charge is 0.128 e. The Morgan fingerprint density at radius 1 is 1.44 bits per heavy atom. The van der Waals surface area contributed by atoms with Crippen LogP contribution in [0.2, 0.25) is 0 Å². The van der Waals surface area contributed by atoms with Crippen LogP contribution in [0, 0.1) is 12.7 Å². The molecule has 0 aromatic heterocycles. The Morgan fingerprint density at radius 3 is 2.83 bits per heavy atom. The molecule has 0 amide bonds. The molecule has 0 saturated carbocycles. The maximum Gasteiger partial charge on any atom is 0.128 e. The lowest BCUT2D eigenvalue weighted by Gasteiger charge is -2.36. The van der Waals surface area contributed by atoms with Gasteiger partial charge in [0, 0.05) is 12.6 Å². The van der Waals surface area contributed by atoms with Crippen LogP contribution in [-0.4, -0.2) is 18.2 Å². The summed E-state index contributed by atoms with van der Waals surface area (Å²) in [7, 11) is 0. The van der Waals surface area contributed by atoms with Crippen LogP contribution in [0.25, 0.3) is 0 Å². The van der Waals surface area contributed by atoms with E-state index in [1.54, 1.807) is 13.0 Å². The minimum Gasteiger partial charge on any atom is -0.397 e. The summed E-state index contributed by atoms with van der Waals surface area (Å²) in [6, 6.07) is 3.47. The van der Waals surface area contributed by atoms with E-state index in [4.69, 9.17) is 10.5 Å². The second kappa shape index (κ2) is 4.76. The molecule has 1 aromatic rings. The number of hydrogen-bond acceptors (Lipinski definition) is 3. The van der Waals surface area contributed by atoms with Crippen molar-refractivity contribution >= 4 is 11.4 Å². The lowest BCUT2D eigenvalue weighted by Crippen LogP contribution is -2.40. The van der Waals surface area contributed by atoms with Gasteiger partial charge in [0.2, 0.25) is 0 Å². The molecule has 100 valence electrons. The van der Waals surface area contributed by atoms with Gasteiger partial charge in [-0.3, -0.25) is 0 Å². The second-order valence-corrected chi connectivity index (χ2v) is 5.63. The van der Waals surface area contributed by atoms with Crippen molar-refractivity contribution in [2.75, 3.05) is 17.7 Å². The highest BCUT2D eigenvalue weighted by atomic mass is 19.1. The fourth-order valence-electron chi connectivity index (χ4n) is 2.40. The predicted molar refractivity (Wildman–Crippen MR) is 72.2 cm³/mol. The van der Waals surface area contributed by atoms with Crippen LogP contribution in [0.1, 0.15) is 32.3 Å². The number of halogens is 1. The minimum atomic E-state index is -0.259. The number of nitrogen functional groups attached to an aromatic ring is 1. The highest BCUT2D eigenvalue weighted by Crippen LogP contribution is 2.29. The molecule has 0 bridgehead atoms. The molecule has 1 saturated heterocycles. The fourth-order valence-corrected chi connectivity index (χ4v) is 2.40. The van der Waals surface area contributed by atoms with Crippen molar-refractivity contribution in [2.24, 2.45) is 0 Å². The number of rotatable bonds is 2. The lowest BCUT2D eigenvalue weighted by atomic mass is 9.93. The Bertz CT molecular complexity index is 446. The van der Waals surface area contributed by atoms with E-state index in [0.717, 1.165) is 25.1 Å². The highest BCUT2D eigenvalue weighted by Gasteiger charge is 2.29. The monoisotopic (exact) mass is 252 g/mol. The van der Waals surface area contributed by atoms with Gasteiger partial charge < -0.3 is 15.8 Å². The average Bonchev–Trinajstić information content (AvgIpc) is 2.24. The molecule has 0 aliphatic carbocycles. The Hall–Kier alpha value is -1.29. The van der Waals surface area contributed by atoms with Crippen LogP contribution in [0.3, 0.4) is 0 Å². The number of nitrogens with one attached hydrogen (secondary N) is 1. The minimum absolute atomic E-state index is 0.111. The number of hydrogen-bond donors (Lipinski definition) is 2. The van der Waals surface area contributed by atoms with Crippen LogP contribution in [0.4, 0.5) is 15.8 Å². The molecule has 3 N–H and O–H groups in total. The highest BCUT2D eigenvalue weighted by molar-refractivity contribution is 5.67. The third-order valence-corrected chi connectivity index (χ3v) is 3.39. The molecule has 0 radical (unpaired) electrons. The van der Waals surface area contributed by atoms with Crippen molar-refractivity contribution in [3.63, 3.8) is 0 Å². The van der Waals surface area contributed by atoms with Gasteiger partial charge in [-0.15, -0.1) is 0 Å². The first-order chi connectivity index (χ1) is 8.37. The van der Waals surface area contributed by atoms with Crippen LogP contribution >= 0.6 is 0 Å². The number of nitrogens with two attached hydrogens (primary N) is 1. The molecule has 1 unspecified atom stereocenters. The Labute approximate surface area is 108 Å². The molecule has 3 nitrogen and oxygen atoms in total. The third kappa shape index (κ3) is 2.93. The van der Waals surface area contributed by atoms with Gasteiger partial charge in [0.05, 0.1) is 17.0 Å². The molecule has 2 rings (SSSR count). The summed E-state index contributed by atoms with van der Waals surface area (Å²) in [5.74, 6) is -0.259. The summed E-state index contributed by atoms with van der Waals surface area (Å²) in [4.78, 5) is 0. The lowest BCUT2D eigenvalue weighted by molar-refractivity contribution is -0.0553. The SMILES string of the molecule is Cc1cc(NC2CCOC(C)(C)C2)c(N)cc1F. The van der Waals surface area contributed by atoms with E-state index in [2.05, 4.69) is 19.2 Å². The quantitative estimate of drug-likeness (QED) is 0.795. The fraction of sp³-hybridized carbons (Fsp3) is 0.571. The maximum atomic E-state index is 13.3. The molecular formula is C14H21FN2O. The molecule has 1 heterocycles. The zero-order valence-corrected chi connectivity index (χ0v) is 11.2. The number of anilines is 2. The molecule has 1 atom stereocenters. The van der Waals surface area contributed by atoms with Crippen molar-refractivity contribution in [3.8, 4) is 0 Å². The van der Waals surface area contributed by atoms with Crippen molar-refractivity contribution in [3.05, 3.63) is 23.5 Å². The summed E-state index contributed by atoms with van der Waals surface area (Å²) in [6.07, 6.45) is 1.86. The van der Waals surface area contributed by atoms with E-state index >= 15 is 0 Å². The zero-order valence-electron chi connectivity index (χ0n) is 11.2.